The van der Waals surface area contributed by atoms with Crippen molar-refractivity contribution in [1.29, 1.82) is 0 Å². The van der Waals surface area contributed by atoms with E-state index in [1.807, 2.05) is 13.8 Å². The van der Waals surface area contributed by atoms with Crippen molar-refractivity contribution < 1.29 is 9.59 Å². The molecular weight excluding hydrogens is 272 g/mol. The zero-order valence-electron chi connectivity index (χ0n) is 9.91. The Morgan fingerprint density at radius 2 is 1.88 bits per heavy atom. The van der Waals surface area contributed by atoms with Crippen LogP contribution in [0.3, 0.4) is 0 Å². The van der Waals surface area contributed by atoms with E-state index in [9.17, 15) is 9.59 Å². The molecule has 0 bridgehead atoms. The summed E-state index contributed by atoms with van der Waals surface area (Å²) >= 11 is 3.35. The minimum atomic E-state index is -0.347. The molecule has 1 fully saturated rings. The van der Waals surface area contributed by atoms with Crippen LogP contribution in [-0.4, -0.2) is 52.6 Å². The first-order chi connectivity index (χ1) is 7.57. The minimum absolute atomic E-state index is 0.112. The van der Waals surface area contributed by atoms with Gasteiger partial charge >= 0.3 is 11.8 Å². The third-order valence-electron chi connectivity index (χ3n) is 2.78. The van der Waals surface area contributed by atoms with Crippen LogP contribution in [-0.2, 0) is 9.59 Å². The van der Waals surface area contributed by atoms with Crippen molar-refractivity contribution in [1.82, 2.24) is 9.80 Å². The molecule has 16 heavy (non-hydrogen) atoms. The van der Waals surface area contributed by atoms with Gasteiger partial charge in [0.1, 0.15) is 0 Å². The first-order valence-corrected chi connectivity index (χ1v) is 6.86. The van der Waals surface area contributed by atoms with Gasteiger partial charge in [0.25, 0.3) is 0 Å². The summed E-state index contributed by atoms with van der Waals surface area (Å²) in [7, 11) is 0. The lowest BCUT2D eigenvalue weighted by Crippen LogP contribution is -2.56. The molecule has 0 aromatic carbocycles. The van der Waals surface area contributed by atoms with Crippen LogP contribution in [0.5, 0.6) is 0 Å². The summed E-state index contributed by atoms with van der Waals surface area (Å²) < 4.78 is 0. The van der Waals surface area contributed by atoms with E-state index >= 15 is 0 Å². The Hall–Kier alpha value is -0.580. The van der Waals surface area contributed by atoms with Gasteiger partial charge in [-0.1, -0.05) is 15.9 Å². The zero-order valence-corrected chi connectivity index (χ0v) is 11.5. The number of hydrogen-bond acceptors (Lipinski definition) is 2. The van der Waals surface area contributed by atoms with Crippen molar-refractivity contribution in [3.63, 3.8) is 0 Å². The molecule has 1 saturated heterocycles. The summed E-state index contributed by atoms with van der Waals surface area (Å²) in [6.07, 6.45) is 1.98. The number of carbonyl (C=O) groups is 2. The summed E-state index contributed by atoms with van der Waals surface area (Å²) in [5, 5.41) is 0.946. The fourth-order valence-electron chi connectivity index (χ4n) is 1.79. The van der Waals surface area contributed by atoms with E-state index in [1.54, 1.807) is 9.80 Å². The van der Waals surface area contributed by atoms with Crippen molar-refractivity contribution in [2.75, 3.05) is 25.0 Å². The van der Waals surface area contributed by atoms with Crippen LogP contribution in [0, 0.1) is 0 Å². The lowest BCUT2D eigenvalue weighted by atomic mass is 10.2. The SMILES string of the molecule is CC(C)N1CCN(CCCCBr)C(=O)C1=O. The largest absolute Gasteiger partial charge is 0.333 e. The number of carbonyl (C=O) groups excluding carboxylic acids is 2. The highest BCUT2D eigenvalue weighted by molar-refractivity contribution is 9.09. The Morgan fingerprint density at radius 1 is 1.19 bits per heavy atom. The molecule has 4 nitrogen and oxygen atoms in total. The Kier molecular flexibility index (Phi) is 5.25. The predicted octanol–water partition coefficient (Wildman–Crippen LogP) is 1.24. The lowest BCUT2D eigenvalue weighted by Gasteiger charge is -2.36. The second-order valence-electron chi connectivity index (χ2n) is 4.28. The summed E-state index contributed by atoms with van der Waals surface area (Å²) in [6, 6.07) is 0.112. The fraction of sp³-hybridized carbons (Fsp3) is 0.818. The van der Waals surface area contributed by atoms with Crippen LogP contribution in [0.4, 0.5) is 0 Å². The van der Waals surface area contributed by atoms with Crippen LogP contribution in [0.2, 0.25) is 0 Å². The van der Waals surface area contributed by atoms with Gasteiger partial charge < -0.3 is 9.80 Å². The molecule has 0 saturated carbocycles. The van der Waals surface area contributed by atoms with Crippen LogP contribution < -0.4 is 0 Å². The standard InChI is InChI=1S/C11H19BrN2O2/c1-9(2)14-8-7-13(6-4-3-5-12)10(15)11(14)16/h9H,3-8H2,1-2H3. The normalized spacial score (nSPS) is 17.5. The molecule has 0 aliphatic carbocycles. The zero-order chi connectivity index (χ0) is 12.1. The van der Waals surface area contributed by atoms with E-state index < -0.39 is 0 Å². The summed E-state index contributed by atoms with van der Waals surface area (Å²) in [4.78, 5) is 26.8. The molecule has 0 N–H and O–H groups in total. The number of nitrogens with zero attached hydrogens (tertiary/aromatic N) is 2. The van der Waals surface area contributed by atoms with Gasteiger partial charge in [0, 0.05) is 31.0 Å². The Morgan fingerprint density at radius 3 is 2.44 bits per heavy atom. The lowest BCUT2D eigenvalue weighted by molar-refractivity contribution is -0.157. The van der Waals surface area contributed by atoms with Crippen LogP contribution >= 0.6 is 15.9 Å². The van der Waals surface area contributed by atoms with E-state index in [2.05, 4.69) is 15.9 Å². The van der Waals surface area contributed by atoms with Crippen LogP contribution in [0.15, 0.2) is 0 Å². The molecule has 0 aromatic rings. The highest BCUT2D eigenvalue weighted by Crippen LogP contribution is 2.10. The maximum absolute atomic E-state index is 11.8. The molecule has 2 amide bonds. The number of piperazine rings is 1. The van der Waals surface area contributed by atoms with Crippen molar-refractivity contribution in [3.05, 3.63) is 0 Å². The van der Waals surface area contributed by atoms with Gasteiger partial charge in [-0.05, 0) is 26.7 Å². The van der Waals surface area contributed by atoms with E-state index in [0.29, 0.717) is 19.6 Å². The molecule has 5 heteroatoms. The average Bonchev–Trinajstić information content (AvgIpc) is 2.24. The van der Waals surface area contributed by atoms with Gasteiger partial charge in [-0.2, -0.15) is 0 Å². The molecule has 0 atom stereocenters. The Bertz CT molecular complexity index is 269. The molecule has 0 spiro atoms. The topological polar surface area (TPSA) is 40.6 Å². The predicted molar refractivity (Wildman–Crippen MR) is 66.5 cm³/mol. The van der Waals surface area contributed by atoms with E-state index in [-0.39, 0.29) is 17.9 Å². The third kappa shape index (κ3) is 3.20. The number of rotatable bonds is 5. The van der Waals surface area contributed by atoms with Gasteiger partial charge in [-0.3, -0.25) is 9.59 Å². The van der Waals surface area contributed by atoms with Gasteiger partial charge in [0.05, 0.1) is 0 Å². The number of halogens is 1. The second kappa shape index (κ2) is 6.23. The quantitative estimate of drug-likeness (QED) is 0.434. The van der Waals surface area contributed by atoms with Gasteiger partial charge in [0.2, 0.25) is 0 Å². The van der Waals surface area contributed by atoms with Crippen LogP contribution in [0.1, 0.15) is 26.7 Å². The van der Waals surface area contributed by atoms with Crippen molar-refractivity contribution in [2.45, 2.75) is 32.7 Å². The minimum Gasteiger partial charge on any atom is -0.333 e. The summed E-state index contributed by atoms with van der Waals surface area (Å²) in [5.41, 5.74) is 0. The van der Waals surface area contributed by atoms with Crippen molar-refractivity contribution in [3.8, 4) is 0 Å². The average molecular weight is 291 g/mol. The van der Waals surface area contributed by atoms with Gasteiger partial charge in [-0.25, -0.2) is 0 Å². The molecule has 0 unspecified atom stereocenters. The molecule has 1 rings (SSSR count). The maximum Gasteiger partial charge on any atom is 0.312 e. The number of amides is 2. The first-order valence-electron chi connectivity index (χ1n) is 5.73. The number of hydrogen-bond donors (Lipinski definition) is 0. The van der Waals surface area contributed by atoms with E-state index in [0.717, 1.165) is 18.2 Å². The van der Waals surface area contributed by atoms with Crippen molar-refractivity contribution in [2.24, 2.45) is 0 Å². The molecule has 0 radical (unpaired) electrons. The third-order valence-corrected chi connectivity index (χ3v) is 3.34. The molecule has 0 aromatic heterocycles. The molecular formula is C11H19BrN2O2. The highest BCUT2D eigenvalue weighted by Gasteiger charge is 2.33. The number of alkyl halides is 1. The first kappa shape index (κ1) is 13.5. The molecule has 1 heterocycles. The van der Waals surface area contributed by atoms with E-state index in [4.69, 9.17) is 0 Å². The van der Waals surface area contributed by atoms with E-state index in [1.165, 1.54) is 0 Å². The molecule has 1 aliphatic heterocycles. The monoisotopic (exact) mass is 290 g/mol. The smallest absolute Gasteiger partial charge is 0.312 e. The molecule has 92 valence electrons. The summed E-state index contributed by atoms with van der Waals surface area (Å²) in [5.74, 6) is -0.686. The maximum atomic E-state index is 11.8. The Labute approximate surface area is 105 Å². The van der Waals surface area contributed by atoms with Crippen molar-refractivity contribution >= 4 is 27.7 Å². The molecule has 1 aliphatic rings. The van der Waals surface area contributed by atoms with Gasteiger partial charge in [-0.15, -0.1) is 0 Å². The Balaban J connectivity index is 2.48. The fourth-order valence-corrected chi connectivity index (χ4v) is 2.19. The second-order valence-corrected chi connectivity index (χ2v) is 5.07. The number of unbranched alkanes of at least 4 members (excludes halogenated alkanes) is 1. The highest BCUT2D eigenvalue weighted by atomic mass is 79.9. The van der Waals surface area contributed by atoms with Crippen LogP contribution in [0.25, 0.3) is 0 Å². The summed E-state index contributed by atoms with van der Waals surface area (Å²) in [6.45, 7) is 5.90. The van der Waals surface area contributed by atoms with Gasteiger partial charge in [0.15, 0.2) is 0 Å².